The molecule has 1 saturated heterocycles. The molecular weight excluding hydrogens is 300 g/mol. The number of fused-ring (bicyclic) bond motifs is 1. The summed E-state index contributed by atoms with van der Waals surface area (Å²) >= 11 is 0. The Labute approximate surface area is 144 Å². The van der Waals surface area contributed by atoms with Crippen LogP contribution in [0.2, 0.25) is 0 Å². The molecule has 1 N–H and O–H groups in total. The number of amides is 1. The molecule has 0 spiro atoms. The summed E-state index contributed by atoms with van der Waals surface area (Å²) in [5.74, 6) is -0.00155. The number of hydrogen-bond donors (Lipinski definition) is 1. The van der Waals surface area contributed by atoms with Gasteiger partial charge < -0.3 is 10.2 Å². The summed E-state index contributed by atoms with van der Waals surface area (Å²) in [5.41, 5.74) is 2.45. The van der Waals surface area contributed by atoms with Gasteiger partial charge >= 0.3 is 0 Å². The molecule has 0 saturated carbocycles. The number of unbranched alkanes of at least 4 members (excludes halogenated alkanes) is 1. The number of likely N-dealkylation sites (tertiary alicyclic amines) is 1. The highest BCUT2D eigenvalue weighted by atomic mass is 16.1. The lowest BCUT2D eigenvalue weighted by molar-refractivity contribution is 0.0945. The van der Waals surface area contributed by atoms with Gasteiger partial charge in [-0.05, 0) is 63.9 Å². The largest absolute Gasteiger partial charge is 0.351 e. The molecule has 0 bridgehead atoms. The normalized spacial score (nSPS) is 15.2. The lowest BCUT2D eigenvalue weighted by Gasteiger charge is -2.14. The molecule has 5 heteroatoms. The minimum Gasteiger partial charge on any atom is -0.351 e. The highest BCUT2D eigenvalue weighted by Gasteiger charge is 2.18. The Kier molecular flexibility index (Phi) is 5.86. The second kappa shape index (κ2) is 8.29. The Morgan fingerprint density at radius 2 is 2.08 bits per heavy atom. The molecule has 3 rings (SSSR count). The molecule has 3 heterocycles. The topological polar surface area (TPSA) is 49.6 Å². The molecule has 24 heavy (non-hydrogen) atoms. The van der Waals surface area contributed by atoms with Gasteiger partial charge in [-0.3, -0.25) is 9.20 Å². The van der Waals surface area contributed by atoms with Crippen molar-refractivity contribution >= 4 is 11.6 Å². The van der Waals surface area contributed by atoms with Crippen molar-refractivity contribution in [1.82, 2.24) is 19.6 Å². The molecule has 1 aliphatic rings. The van der Waals surface area contributed by atoms with Crippen LogP contribution in [-0.4, -0.2) is 46.4 Å². The van der Waals surface area contributed by atoms with Gasteiger partial charge in [0.2, 0.25) is 0 Å². The van der Waals surface area contributed by atoms with Gasteiger partial charge in [-0.1, -0.05) is 19.4 Å². The Balaban J connectivity index is 1.55. The Hall–Kier alpha value is -1.88. The summed E-state index contributed by atoms with van der Waals surface area (Å²) in [6.07, 6.45) is 8.59. The summed E-state index contributed by atoms with van der Waals surface area (Å²) in [4.78, 5) is 19.8. The summed E-state index contributed by atoms with van der Waals surface area (Å²) < 4.78 is 1.91. The minimum absolute atomic E-state index is 0.00155. The standard InChI is InChI=1S/C19H28N4O/c1-2-9-16-18(23-15-5-3-10-17(23)21-16)19(24)20-11-4-6-12-22-13-7-8-14-22/h3,5,10,15H,2,4,6-9,11-14H2,1H3,(H,20,24). The number of nitrogens with zero attached hydrogens (tertiary/aromatic N) is 3. The van der Waals surface area contributed by atoms with E-state index in [2.05, 4.69) is 22.1 Å². The van der Waals surface area contributed by atoms with Gasteiger partial charge in [-0.25, -0.2) is 4.98 Å². The predicted octanol–water partition coefficient (Wildman–Crippen LogP) is 2.89. The van der Waals surface area contributed by atoms with E-state index in [-0.39, 0.29) is 5.91 Å². The smallest absolute Gasteiger partial charge is 0.270 e. The highest BCUT2D eigenvalue weighted by molar-refractivity contribution is 5.94. The summed E-state index contributed by atoms with van der Waals surface area (Å²) in [6.45, 7) is 6.50. The number of carbonyl (C=O) groups is 1. The fourth-order valence-electron chi connectivity index (χ4n) is 3.45. The highest BCUT2D eigenvalue weighted by Crippen LogP contribution is 2.14. The van der Waals surface area contributed by atoms with Crippen LogP contribution in [0.4, 0.5) is 0 Å². The molecule has 1 aliphatic heterocycles. The van der Waals surface area contributed by atoms with Gasteiger partial charge in [-0.15, -0.1) is 0 Å². The summed E-state index contributed by atoms with van der Waals surface area (Å²) in [7, 11) is 0. The molecule has 0 atom stereocenters. The van der Waals surface area contributed by atoms with Gasteiger partial charge in [0.05, 0.1) is 5.69 Å². The van der Waals surface area contributed by atoms with Crippen molar-refractivity contribution in [2.45, 2.75) is 45.4 Å². The maximum Gasteiger partial charge on any atom is 0.270 e. The predicted molar refractivity (Wildman–Crippen MR) is 96.4 cm³/mol. The fraction of sp³-hybridized carbons (Fsp3) is 0.579. The van der Waals surface area contributed by atoms with Crippen LogP contribution in [0.5, 0.6) is 0 Å². The van der Waals surface area contributed by atoms with Gasteiger partial charge in [0.15, 0.2) is 0 Å². The van der Waals surface area contributed by atoms with E-state index in [9.17, 15) is 4.79 Å². The molecule has 2 aromatic heterocycles. The number of rotatable bonds is 8. The zero-order chi connectivity index (χ0) is 16.8. The lowest BCUT2D eigenvalue weighted by Crippen LogP contribution is -2.28. The summed E-state index contributed by atoms with van der Waals surface area (Å²) in [6, 6.07) is 5.85. The van der Waals surface area contributed by atoms with Gasteiger partial charge in [-0.2, -0.15) is 0 Å². The first kappa shape index (κ1) is 17.0. The number of carbonyl (C=O) groups excluding carboxylic acids is 1. The second-order valence-corrected chi connectivity index (χ2v) is 6.60. The maximum atomic E-state index is 12.7. The van der Waals surface area contributed by atoms with Crippen LogP contribution < -0.4 is 5.32 Å². The molecule has 2 aromatic rings. The molecule has 5 nitrogen and oxygen atoms in total. The SMILES string of the molecule is CCCc1nc2ccccn2c1C(=O)NCCCCN1CCCC1. The molecular formula is C19H28N4O. The lowest BCUT2D eigenvalue weighted by atomic mass is 10.2. The third-order valence-corrected chi connectivity index (χ3v) is 4.69. The number of hydrogen-bond acceptors (Lipinski definition) is 3. The van der Waals surface area contributed by atoms with Crippen LogP contribution in [0.25, 0.3) is 5.65 Å². The van der Waals surface area contributed by atoms with E-state index in [1.807, 2.05) is 28.8 Å². The van der Waals surface area contributed by atoms with Gasteiger partial charge in [0, 0.05) is 12.7 Å². The van der Waals surface area contributed by atoms with E-state index < -0.39 is 0 Å². The first-order chi connectivity index (χ1) is 11.8. The molecule has 130 valence electrons. The Morgan fingerprint density at radius 3 is 2.88 bits per heavy atom. The van der Waals surface area contributed by atoms with Crippen LogP contribution in [0.15, 0.2) is 24.4 Å². The average Bonchev–Trinajstić information content (AvgIpc) is 3.21. The first-order valence-electron chi connectivity index (χ1n) is 9.26. The van der Waals surface area contributed by atoms with E-state index in [1.165, 1.54) is 25.9 Å². The minimum atomic E-state index is -0.00155. The Morgan fingerprint density at radius 1 is 1.25 bits per heavy atom. The quantitative estimate of drug-likeness (QED) is 0.758. The second-order valence-electron chi connectivity index (χ2n) is 6.60. The van der Waals surface area contributed by atoms with Crippen LogP contribution >= 0.6 is 0 Å². The average molecular weight is 328 g/mol. The number of nitrogens with one attached hydrogen (secondary N) is 1. The summed E-state index contributed by atoms with van der Waals surface area (Å²) in [5, 5.41) is 3.08. The van der Waals surface area contributed by atoms with Crippen molar-refractivity contribution in [3.8, 4) is 0 Å². The zero-order valence-electron chi connectivity index (χ0n) is 14.6. The molecule has 0 aromatic carbocycles. The van der Waals surface area contributed by atoms with Crippen LogP contribution in [-0.2, 0) is 6.42 Å². The van der Waals surface area contributed by atoms with Crippen molar-refractivity contribution in [3.05, 3.63) is 35.8 Å². The molecule has 0 radical (unpaired) electrons. The zero-order valence-corrected chi connectivity index (χ0v) is 14.6. The number of aromatic nitrogens is 2. The van der Waals surface area contributed by atoms with E-state index in [1.54, 1.807) is 0 Å². The van der Waals surface area contributed by atoms with E-state index >= 15 is 0 Å². The van der Waals surface area contributed by atoms with E-state index in [0.29, 0.717) is 5.69 Å². The van der Waals surface area contributed by atoms with E-state index in [4.69, 9.17) is 0 Å². The third kappa shape index (κ3) is 3.96. The molecule has 0 aliphatic carbocycles. The van der Waals surface area contributed by atoms with E-state index in [0.717, 1.165) is 50.1 Å². The van der Waals surface area contributed by atoms with Crippen molar-refractivity contribution < 1.29 is 4.79 Å². The molecule has 1 amide bonds. The third-order valence-electron chi connectivity index (χ3n) is 4.69. The van der Waals surface area contributed by atoms with Crippen molar-refractivity contribution in [2.75, 3.05) is 26.2 Å². The number of aryl methyl sites for hydroxylation is 1. The van der Waals surface area contributed by atoms with Gasteiger partial charge in [0.1, 0.15) is 11.3 Å². The van der Waals surface area contributed by atoms with Crippen LogP contribution in [0.3, 0.4) is 0 Å². The first-order valence-corrected chi connectivity index (χ1v) is 9.26. The fourth-order valence-corrected chi connectivity index (χ4v) is 3.45. The number of pyridine rings is 1. The van der Waals surface area contributed by atoms with Crippen LogP contribution in [0.1, 0.15) is 55.2 Å². The number of imidazole rings is 1. The molecule has 1 fully saturated rings. The monoisotopic (exact) mass is 328 g/mol. The maximum absolute atomic E-state index is 12.7. The van der Waals surface area contributed by atoms with Gasteiger partial charge in [0.25, 0.3) is 5.91 Å². The Bertz CT molecular complexity index is 673. The van der Waals surface area contributed by atoms with Crippen molar-refractivity contribution in [2.24, 2.45) is 0 Å². The van der Waals surface area contributed by atoms with Crippen LogP contribution in [0, 0.1) is 0 Å². The van der Waals surface area contributed by atoms with Crippen molar-refractivity contribution in [1.29, 1.82) is 0 Å². The molecule has 0 unspecified atom stereocenters. The van der Waals surface area contributed by atoms with Crippen molar-refractivity contribution in [3.63, 3.8) is 0 Å².